The molecule has 0 bridgehead atoms. The first kappa shape index (κ1) is 11.9. The van der Waals surface area contributed by atoms with E-state index >= 15 is 0 Å². The fourth-order valence-electron chi connectivity index (χ4n) is 1.25. The van der Waals surface area contributed by atoms with Gasteiger partial charge in [0.1, 0.15) is 0 Å². The molecule has 78 valence electrons. The maximum atomic E-state index is 9.87. The Morgan fingerprint density at radius 1 is 1.50 bits per heavy atom. The van der Waals surface area contributed by atoms with Crippen LogP contribution in [0.5, 0.6) is 0 Å². The molecule has 14 heavy (non-hydrogen) atoms. The summed E-state index contributed by atoms with van der Waals surface area (Å²) in [7, 11) is 0. The minimum Gasteiger partial charge on any atom is -0.387 e. The summed E-state index contributed by atoms with van der Waals surface area (Å²) in [6.45, 7) is 1.76. The zero-order valence-corrected chi connectivity index (χ0v) is 9.77. The molecule has 0 aliphatic heterocycles. The van der Waals surface area contributed by atoms with Crippen molar-refractivity contribution in [1.82, 2.24) is 0 Å². The third kappa shape index (κ3) is 2.42. The molecule has 2 unspecified atom stereocenters. The van der Waals surface area contributed by atoms with Crippen LogP contribution in [0.2, 0.25) is 5.02 Å². The Balaban J connectivity index is 3.16. The van der Waals surface area contributed by atoms with Crippen molar-refractivity contribution >= 4 is 23.4 Å². The molecule has 0 saturated heterocycles. The van der Waals surface area contributed by atoms with Crippen molar-refractivity contribution in [3.05, 3.63) is 28.8 Å². The van der Waals surface area contributed by atoms with E-state index in [-0.39, 0.29) is 6.04 Å². The molecular weight excluding hydrogens is 218 g/mol. The summed E-state index contributed by atoms with van der Waals surface area (Å²) in [6.07, 6.45) is 1.24. The fourth-order valence-corrected chi connectivity index (χ4v) is 2.25. The summed E-state index contributed by atoms with van der Waals surface area (Å²) in [5, 5.41) is 10.4. The van der Waals surface area contributed by atoms with Gasteiger partial charge >= 0.3 is 0 Å². The molecule has 0 aliphatic rings. The zero-order chi connectivity index (χ0) is 10.7. The van der Waals surface area contributed by atoms with Crippen LogP contribution in [0.25, 0.3) is 0 Å². The van der Waals surface area contributed by atoms with Gasteiger partial charge in [-0.2, -0.15) is 0 Å². The van der Waals surface area contributed by atoms with Gasteiger partial charge in [0.2, 0.25) is 0 Å². The highest BCUT2D eigenvalue weighted by Gasteiger charge is 2.18. The molecule has 0 spiro atoms. The van der Waals surface area contributed by atoms with E-state index in [1.807, 2.05) is 18.4 Å². The minimum atomic E-state index is -0.703. The van der Waals surface area contributed by atoms with E-state index in [9.17, 15) is 5.11 Å². The monoisotopic (exact) mass is 231 g/mol. The van der Waals surface area contributed by atoms with Gasteiger partial charge in [-0.25, -0.2) is 0 Å². The number of hydrogen-bond acceptors (Lipinski definition) is 3. The van der Waals surface area contributed by atoms with Crippen molar-refractivity contribution < 1.29 is 5.11 Å². The van der Waals surface area contributed by atoms with Crippen LogP contribution in [0.3, 0.4) is 0 Å². The average molecular weight is 232 g/mol. The molecule has 0 radical (unpaired) electrons. The normalized spacial score (nSPS) is 15.2. The van der Waals surface area contributed by atoms with Crippen molar-refractivity contribution in [2.75, 3.05) is 6.26 Å². The van der Waals surface area contributed by atoms with Gasteiger partial charge < -0.3 is 10.8 Å². The van der Waals surface area contributed by atoms with Crippen LogP contribution in [0.4, 0.5) is 0 Å². The van der Waals surface area contributed by atoms with Crippen molar-refractivity contribution in [3.8, 4) is 0 Å². The molecule has 4 heteroatoms. The second-order valence-electron chi connectivity index (χ2n) is 3.16. The lowest BCUT2D eigenvalue weighted by atomic mass is 10.0. The lowest BCUT2D eigenvalue weighted by Gasteiger charge is -2.19. The quantitative estimate of drug-likeness (QED) is 0.786. The molecule has 0 amide bonds. The number of aliphatic hydroxyl groups excluding tert-OH is 1. The van der Waals surface area contributed by atoms with Crippen LogP contribution < -0.4 is 5.73 Å². The summed E-state index contributed by atoms with van der Waals surface area (Å²) in [5.41, 5.74) is 6.38. The second-order valence-corrected chi connectivity index (χ2v) is 4.41. The van der Waals surface area contributed by atoms with Gasteiger partial charge in [0.25, 0.3) is 0 Å². The first-order valence-electron chi connectivity index (χ1n) is 4.34. The molecule has 2 nitrogen and oxygen atoms in total. The fraction of sp³-hybridized carbons (Fsp3) is 0.400. The summed E-state index contributed by atoms with van der Waals surface area (Å²) in [6, 6.07) is 5.24. The van der Waals surface area contributed by atoms with Crippen LogP contribution in [-0.2, 0) is 0 Å². The van der Waals surface area contributed by atoms with E-state index < -0.39 is 6.10 Å². The van der Waals surface area contributed by atoms with Crippen molar-refractivity contribution in [1.29, 1.82) is 0 Å². The Hall–Kier alpha value is -0.220. The van der Waals surface area contributed by atoms with Crippen molar-refractivity contribution in [2.45, 2.75) is 24.0 Å². The lowest BCUT2D eigenvalue weighted by Crippen LogP contribution is -2.25. The van der Waals surface area contributed by atoms with Gasteiger partial charge in [-0.15, -0.1) is 11.8 Å². The third-order valence-electron chi connectivity index (χ3n) is 2.03. The van der Waals surface area contributed by atoms with E-state index in [1.165, 1.54) is 0 Å². The molecule has 2 atom stereocenters. The molecule has 0 aliphatic carbocycles. The maximum absolute atomic E-state index is 9.87. The van der Waals surface area contributed by atoms with E-state index in [2.05, 4.69) is 0 Å². The van der Waals surface area contributed by atoms with Gasteiger partial charge in [0.05, 0.1) is 6.10 Å². The summed E-state index contributed by atoms with van der Waals surface area (Å²) < 4.78 is 0. The smallest absolute Gasteiger partial charge is 0.0963 e. The van der Waals surface area contributed by atoms with Crippen molar-refractivity contribution in [3.63, 3.8) is 0 Å². The largest absolute Gasteiger partial charge is 0.387 e. The Kier molecular flexibility index (Phi) is 4.26. The van der Waals surface area contributed by atoms with Crippen LogP contribution >= 0.6 is 23.4 Å². The number of benzene rings is 1. The van der Waals surface area contributed by atoms with Crippen molar-refractivity contribution in [2.24, 2.45) is 5.73 Å². The highest BCUT2D eigenvalue weighted by Crippen LogP contribution is 2.33. The Bertz CT molecular complexity index is 317. The zero-order valence-electron chi connectivity index (χ0n) is 8.20. The highest BCUT2D eigenvalue weighted by atomic mass is 35.5. The number of aliphatic hydroxyl groups is 1. The Morgan fingerprint density at radius 2 is 2.14 bits per heavy atom. The highest BCUT2D eigenvalue weighted by molar-refractivity contribution is 7.98. The number of hydrogen-bond donors (Lipinski definition) is 2. The summed E-state index contributed by atoms with van der Waals surface area (Å²) >= 11 is 7.57. The molecule has 1 aromatic rings. The molecule has 0 fully saturated rings. The SMILES string of the molecule is CSc1cccc(Cl)c1C(O)C(C)N. The number of thioether (sulfide) groups is 1. The average Bonchev–Trinajstić information content (AvgIpc) is 2.16. The predicted octanol–water partition coefficient (Wildman–Crippen LogP) is 2.44. The Morgan fingerprint density at radius 3 is 2.64 bits per heavy atom. The first-order chi connectivity index (χ1) is 6.57. The van der Waals surface area contributed by atoms with Crippen LogP contribution in [0, 0.1) is 0 Å². The predicted molar refractivity (Wildman–Crippen MR) is 61.8 cm³/mol. The standard InChI is InChI=1S/C10H14ClNOS/c1-6(12)10(13)9-7(11)4-3-5-8(9)14-2/h3-6,10,13H,12H2,1-2H3. The number of rotatable bonds is 3. The van der Waals surface area contributed by atoms with Gasteiger partial charge in [0.15, 0.2) is 0 Å². The second kappa shape index (κ2) is 5.03. The van der Waals surface area contributed by atoms with E-state index in [0.717, 1.165) is 10.5 Å². The molecule has 1 aromatic carbocycles. The summed E-state index contributed by atoms with van der Waals surface area (Å²) in [5.74, 6) is 0. The molecule has 0 aromatic heterocycles. The molecule has 1 rings (SSSR count). The molecule has 0 saturated carbocycles. The maximum Gasteiger partial charge on any atom is 0.0963 e. The molecule has 3 N–H and O–H groups in total. The number of nitrogens with two attached hydrogens (primary N) is 1. The van der Waals surface area contributed by atoms with Crippen LogP contribution in [0.1, 0.15) is 18.6 Å². The van der Waals surface area contributed by atoms with Gasteiger partial charge in [-0.05, 0) is 25.3 Å². The molecule has 0 heterocycles. The van der Waals surface area contributed by atoms with Gasteiger partial charge in [-0.3, -0.25) is 0 Å². The van der Waals surface area contributed by atoms with Crippen LogP contribution in [0.15, 0.2) is 23.1 Å². The van der Waals surface area contributed by atoms with Crippen LogP contribution in [-0.4, -0.2) is 17.4 Å². The first-order valence-corrected chi connectivity index (χ1v) is 5.94. The van der Waals surface area contributed by atoms with E-state index in [4.69, 9.17) is 17.3 Å². The third-order valence-corrected chi connectivity index (χ3v) is 3.15. The topological polar surface area (TPSA) is 46.2 Å². The number of halogens is 1. The summed E-state index contributed by atoms with van der Waals surface area (Å²) in [4.78, 5) is 0.974. The van der Waals surface area contributed by atoms with E-state index in [0.29, 0.717) is 5.02 Å². The molecular formula is C10H14ClNOS. The minimum absolute atomic E-state index is 0.319. The Labute approximate surface area is 93.5 Å². The van der Waals surface area contributed by atoms with Gasteiger partial charge in [0, 0.05) is 21.5 Å². The van der Waals surface area contributed by atoms with E-state index in [1.54, 1.807) is 24.8 Å². The lowest BCUT2D eigenvalue weighted by molar-refractivity contribution is 0.151. The van der Waals surface area contributed by atoms with Gasteiger partial charge in [-0.1, -0.05) is 17.7 Å².